The first kappa shape index (κ1) is 15.8. The van der Waals surface area contributed by atoms with E-state index < -0.39 is 0 Å². The van der Waals surface area contributed by atoms with Gasteiger partial charge in [-0.1, -0.05) is 44.4 Å². The highest BCUT2D eigenvalue weighted by Gasteiger charge is 2.39. The summed E-state index contributed by atoms with van der Waals surface area (Å²) in [6.45, 7) is 5.30. The minimum atomic E-state index is -0.176. The molecule has 1 saturated carbocycles. The summed E-state index contributed by atoms with van der Waals surface area (Å²) in [7, 11) is 0. The predicted molar refractivity (Wildman–Crippen MR) is 83.8 cm³/mol. The molecule has 0 saturated heterocycles. The van der Waals surface area contributed by atoms with E-state index in [0.29, 0.717) is 28.5 Å². The molecule has 1 aliphatic rings. The second-order valence-electron chi connectivity index (χ2n) is 5.94. The van der Waals surface area contributed by atoms with E-state index in [1.54, 1.807) is 12.1 Å². The van der Waals surface area contributed by atoms with Crippen molar-refractivity contribution in [3.05, 3.63) is 34.6 Å². The molecule has 3 heteroatoms. The molecule has 20 heavy (non-hydrogen) atoms. The van der Waals surface area contributed by atoms with Gasteiger partial charge in [0.25, 0.3) is 0 Å². The fraction of sp³-hybridized carbons (Fsp3) is 0.647. The molecule has 1 N–H and O–H groups in total. The van der Waals surface area contributed by atoms with Gasteiger partial charge in [0.05, 0.1) is 0 Å². The zero-order valence-electron chi connectivity index (χ0n) is 12.5. The van der Waals surface area contributed by atoms with Crippen LogP contribution in [0.2, 0.25) is 5.02 Å². The zero-order valence-corrected chi connectivity index (χ0v) is 13.3. The average Bonchev–Trinajstić information content (AvgIpc) is 2.92. The van der Waals surface area contributed by atoms with Crippen molar-refractivity contribution in [1.29, 1.82) is 0 Å². The molecule has 0 spiro atoms. The van der Waals surface area contributed by atoms with Gasteiger partial charge in [-0.05, 0) is 49.8 Å². The van der Waals surface area contributed by atoms with Crippen LogP contribution in [0.15, 0.2) is 18.2 Å². The van der Waals surface area contributed by atoms with Crippen LogP contribution in [0.3, 0.4) is 0 Å². The Balaban J connectivity index is 2.25. The van der Waals surface area contributed by atoms with Gasteiger partial charge < -0.3 is 5.32 Å². The number of hydrogen-bond acceptors (Lipinski definition) is 1. The van der Waals surface area contributed by atoms with Crippen LogP contribution in [0.25, 0.3) is 0 Å². The molecule has 1 aromatic rings. The van der Waals surface area contributed by atoms with Crippen molar-refractivity contribution in [1.82, 2.24) is 5.32 Å². The summed E-state index contributed by atoms with van der Waals surface area (Å²) in [6, 6.07) is 5.29. The van der Waals surface area contributed by atoms with Crippen LogP contribution in [0.1, 0.15) is 51.5 Å². The SMILES string of the molecule is CCNC(Cc1c(F)cccc1Cl)C1(CC)CCCC1. The lowest BCUT2D eigenvalue weighted by Gasteiger charge is -2.38. The van der Waals surface area contributed by atoms with E-state index in [4.69, 9.17) is 11.6 Å². The molecular formula is C17H25ClFN. The van der Waals surface area contributed by atoms with Gasteiger partial charge >= 0.3 is 0 Å². The molecule has 0 aliphatic heterocycles. The van der Waals surface area contributed by atoms with Crippen LogP contribution in [0, 0.1) is 11.2 Å². The maximum atomic E-state index is 14.1. The summed E-state index contributed by atoms with van der Waals surface area (Å²) in [4.78, 5) is 0. The lowest BCUT2D eigenvalue weighted by molar-refractivity contribution is 0.185. The highest BCUT2D eigenvalue weighted by Crippen LogP contribution is 2.45. The number of benzene rings is 1. The summed E-state index contributed by atoms with van der Waals surface area (Å²) >= 11 is 6.20. The molecule has 1 aromatic carbocycles. The smallest absolute Gasteiger partial charge is 0.127 e. The van der Waals surface area contributed by atoms with E-state index >= 15 is 0 Å². The molecule has 112 valence electrons. The van der Waals surface area contributed by atoms with Gasteiger partial charge in [0.15, 0.2) is 0 Å². The zero-order chi connectivity index (χ0) is 14.6. The Morgan fingerprint density at radius 3 is 2.55 bits per heavy atom. The molecular weight excluding hydrogens is 273 g/mol. The van der Waals surface area contributed by atoms with E-state index in [1.807, 2.05) is 0 Å². The van der Waals surface area contributed by atoms with Crippen LogP contribution in [-0.4, -0.2) is 12.6 Å². The Hall–Kier alpha value is -0.600. The molecule has 0 heterocycles. The molecule has 1 unspecified atom stereocenters. The number of nitrogens with one attached hydrogen (secondary N) is 1. The van der Waals surface area contributed by atoms with Gasteiger partial charge in [-0.15, -0.1) is 0 Å². The third-order valence-electron chi connectivity index (χ3n) is 4.96. The minimum absolute atomic E-state index is 0.176. The quantitative estimate of drug-likeness (QED) is 0.781. The first-order chi connectivity index (χ1) is 9.63. The molecule has 1 nitrogen and oxygen atoms in total. The fourth-order valence-corrected chi connectivity index (χ4v) is 3.95. The Kier molecular flexibility index (Phi) is 5.45. The number of likely N-dealkylation sites (N-methyl/N-ethyl adjacent to an activating group) is 1. The van der Waals surface area contributed by atoms with Gasteiger partial charge in [0, 0.05) is 16.6 Å². The van der Waals surface area contributed by atoms with Crippen molar-refractivity contribution >= 4 is 11.6 Å². The van der Waals surface area contributed by atoms with Crippen LogP contribution < -0.4 is 5.32 Å². The van der Waals surface area contributed by atoms with Crippen molar-refractivity contribution < 1.29 is 4.39 Å². The summed E-state index contributed by atoms with van der Waals surface area (Å²) < 4.78 is 14.1. The average molecular weight is 298 g/mol. The van der Waals surface area contributed by atoms with Gasteiger partial charge in [0.1, 0.15) is 5.82 Å². The molecule has 0 aromatic heterocycles. The molecule has 0 radical (unpaired) electrons. The standard InChI is InChI=1S/C17H25ClFN/c1-3-17(10-5-6-11-17)16(20-4-2)12-13-14(18)8-7-9-15(13)19/h7-9,16,20H,3-6,10-12H2,1-2H3. The fourth-order valence-electron chi connectivity index (χ4n) is 3.71. The maximum absolute atomic E-state index is 14.1. The Labute approximate surface area is 126 Å². The highest BCUT2D eigenvalue weighted by molar-refractivity contribution is 6.31. The summed E-state index contributed by atoms with van der Waals surface area (Å²) in [5.74, 6) is -0.176. The lowest BCUT2D eigenvalue weighted by atomic mass is 9.74. The monoisotopic (exact) mass is 297 g/mol. The van der Waals surface area contributed by atoms with Crippen molar-refractivity contribution in [3.8, 4) is 0 Å². The lowest BCUT2D eigenvalue weighted by Crippen LogP contribution is -2.45. The Bertz CT molecular complexity index is 420. The molecule has 1 atom stereocenters. The topological polar surface area (TPSA) is 12.0 Å². The predicted octanol–water partition coefficient (Wildman–Crippen LogP) is 4.97. The van der Waals surface area contributed by atoms with Crippen molar-refractivity contribution in [3.63, 3.8) is 0 Å². The second-order valence-corrected chi connectivity index (χ2v) is 6.34. The minimum Gasteiger partial charge on any atom is -0.313 e. The van der Waals surface area contributed by atoms with E-state index in [9.17, 15) is 4.39 Å². The van der Waals surface area contributed by atoms with Crippen molar-refractivity contribution in [2.45, 2.75) is 58.4 Å². The second kappa shape index (κ2) is 6.91. The van der Waals surface area contributed by atoms with Crippen LogP contribution in [-0.2, 0) is 6.42 Å². The van der Waals surface area contributed by atoms with E-state index in [-0.39, 0.29) is 5.82 Å². The van der Waals surface area contributed by atoms with Crippen LogP contribution in [0.5, 0.6) is 0 Å². The molecule has 1 fully saturated rings. The normalized spacial score (nSPS) is 19.2. The van der Waals surface area contributed by atoms with Crippen LogP contribution >= 0.6 is 11.6 Å². The van der Waals surface area contributed by atoms with Crippen LogP contribution in [0.4, 0.5) is 4.39 Å². The first-order valence-corrected chi connectivity index (χ1v) is 8.17. The summed E-state index contributed by atoms with van der Waals surface area (Å²) in [5, 5.41) is 4.15. The number of hydrogen-bond donors (Lipinski definition) is 1. The maximum Gasteiger partial charge on any atom is 0.127 e. The largest absolute Gasteiger partial charge is 0.313 e. The summed E-state index contributed by atoms with van der Waals surface area (Å²) in [6.07, 6.45) is 6.91. The molecule has 0 amide bonds. The Morgan fingerprint density at radius 1 is 1.30 bits per heavy atom. The molecule has 1 aliphatic carbocycles. The third-order valence-corrected chi connectivity index (χ3v) is 5.32. The summed E-state index contributed by atoms with van der Waals surface area (Å²) in [5.41, 5.74) is 0.974. The number of halogens is 2. The van der Waals surface area contributed by atoms with E-state index in [0.717, 1.165) is 13.0 Å². The van der Waals surface area contributed by atoms with Gasteiger partial charge in [-0.3, -0.25) is 0 Å². The van der Waals surface area contributed by atoms with E-state index in [1.165, 1.54) is 31.7 Å². The van der Waals surface area contributed by atoms with Gasteiger partial charge in [-0.2, -0.15) is 0 Å². The highest BCUT2D eigenvalue weighted by atomic mass is 35.5. The number of rotatable bonds is 6. The van der Waals surface area contributed by atoms with Gasteiger partial charge in [-0.25, -0.2) is 4.39 Å². The third kappa shape index (κ3) is 3.17. The van der Waals surface area contributed by atoms with Crippen molar-refractivity contribution in [2.24, 2.45) is 5.41 Å². The van der Waals surface area contributed by atoms with E-state index in [2.05, 4.69) is 19.2 Å². The first-order valence-electron chi connectivity index (χ1n) is 7.79. The van der Waals surface area contributed by atoms with Crippen molar-refractivity contribution in [2.75, 3.05) is 6.54 Å². The molecule has 2 rings (SSSR count). The van der Waals surface area contributed by atoms with Gasteiger partial charge in [0.2, 0.25) is 0 Å². The molecule has 0 bridgehead atoms. The Morgan fingerprint density at radius 2 is 2.00 bits per heavy atom.